The number of para-hydroxylation sites is 1. The molecule has 1 heterocycles. The van der Waals surface area contributed by atoms with Crippen LogP contribution in [0.1, 0.15) is 11.1 Å². The average Bonchev–Trinajstić information content (AvgIpc) is 2.73. The van der Waals surface area contributed by atoms with Crippen molar-refractivity contribution in [3.63, 3.8) is 0 Å². The van der Waals surface area contributed by atoms with Crippen molar-refractivity contribution >= 4 is 56.2 Å². The molecule has 3 aromatic rings. The predicted molar refractivity (Wildman–Crippen MR) is 124 cm³/mol. The first kappa shape index (κ1) is 19.2. The maximum Gasteiger partial charge on any atom is 0.257 e. The molecule has 0 aromatic heterocycles. The lowest BCUT2D eigenvalue weighted by molar-refractivity contribution is -0.115. The van der Waals surface area contributed by atoms with E-state index in [-0.39, 0.29) is 12.5 Å². The van der Waals surface area contributed by atoms with Gasteiger partial charge in [0.2, 0.25) is 0 Å². The SMILES string of the molecule is O=C(C1=Cc2ccccc2OC1)N(Cc1ccc(Br)cc1)c1ccc(I)cc1. The van der Waals surface area contributed by atoms with Gasteiger partial charge in [-0.25, -0.2) is 0 Å². The molecule has 0 atom stereocenters. The van der Waals surface area contributed by atoms with Crippen LogP contribution in [0.4, 0.5) is 5.69 Å². The van der Waals surface area contributed by atoms with Crippen LogP contribution in [0, 0.1) is 3.57 Å². The first-order valence-electron chi connectivity index (χ1n) is 8.84. The number of hydrogen-bond donors (Lipinski definition) is 0. The fourth-order valence-corrected chi connectivity index (χ4v) is 3.71. The summed E-state index contributed by atoms with van der Waals surface area (Å²) in [5.74, 6) is 0.770. The fourth-order valence-electron chi connectivity index (χ4n) is 3.09. The van der Waals surface area contributed by atoms with Crippen molar-refractivity contribution in [2.45, 2.75) is 6.54 Å². The molecule has 0 radical (unpaired) electrons. The van der Waals surface area contributed by atoms with Crippen molar-refractivity contribution in [3.05, 3.63) is 97.5 Å². The third-order valence-electron chi connectivity index (χ3n) is 4.54. The summed E-state index contributed by atoms with van der Waals surface area (Å²) < 4.78 is 7.95. The van der Waals surface area contributed by atoms with Crippen LogP contribution in [-0.2, 0) is 11.3 Å². The number of halogens is 2. The van der Waals surface area contributed by atoms with E-state index in [2.05, 4.69) is 38.5 Å². The summed E-state index contributed by atoms with van der Waals surface area (Å²) in [5.41, 5.74) is 3.51. The summed E-state index contributed by atoms with van der Waals surface area (Å²) in [4.78, 5) is 15.2. The molecular weight excluding hydrogens is 529 g/mol. The largest absolute Gasteiger partial charge is 0.488 e. The minimum atomic E-state index is -0.0429. The van der Waals surface area contributed by atoms with Crippen molar-refractivity contribution in [2.75, 3.05) is 11.5 Å². The zero-order valence-corrected chi connectivity index (χ0v) is 18.7. The minimum absolute atomic E-state index is 0.0429. The van der Waals surface area contributed by atoms with E-state index >= 15 is 0 Å². The average molecular weight is 546 g/mol. The van der Waals surface area contributed by atoms with Gasteiger partial charge in [0.05, 0.1) is 12.1 Å². The molecule has 3 nitrogen and oxygen atoms in total. The Morgan fingerprint density at radius 3 is 2.46 bits per heavy atom. The Morgan fingerprint density at radius 2 is 1.71 bits per heavy atom. The smallest absolute Gasteiger partial charge is 0.257 e. The summed E-state index contributed by atoms with van der Waals surface area (Å²) in [7, 11) is 0. The Labute approximate surface area is 186 Å². The Balaban J connectivity index is 1.68. The van der Waals surface area contributed by atoms with Crippen LogP contribution in [0.15, 0.2) is 82.8 Å². The number of anilines is 1. The monoisotopic (exact) mass is 545 g/mol. The van der Waals surface area contributed by atoms with Crippen LogP contribution < -0.4 is 9.64 Å². The van der Waals surface area contributed by atoms with Gasteiger partial charge < -0.3 is 9.64 Å². The van der Waals surface area contributed by atoms with Crippen molar-refractivity contribution in [1.82, 2.24) is 0 Å². The molecule has 0 fully saturated rings. The third-order valence-corrected chi connectivity index (χ3v) is 5.79. The number of carbonyl (C=O) groups is 1. The molecule has 28 heavy (non-hydrogen) atoms. The molecule has 1 amide bonds. The number of nitrogens with zero attached hydrogens (tertiary/aromatic N) is 1. The van der Waals surface area contributed by atoms with Gasteiger partial charge in [-0.15, -0.1) is 0 Å². The van der Waals surface area contributed by atoms with E-state index in [1.807, 2.05) is 83.8 Å². The number of ether oxygens (including phenoxy) is 1. The second-order valence-corrected chi connectivity index (χ2v) is 8.65. The Bertz CT molecular complexity index is 1030. The Hall–Kier alpha value is -2.12. The van der Waals surface area contributed by atoms with Crippen molar-refractivity contribution in [3.8, 4) is 5.75 Å². The molecule has 4 rings (SSSR count). The molecule has 0 spiro atoms. The van der Waals surface area contributed by atoms with Gasteiger partial charge in [-0.2, -0.15) is 0 Å². The zero-order chi connectivity index (χ0) is 19.5. The standard InChI is InChI=1S/C23H17BrINO2/c24-19-7-5-16(6-8-19)14-26(21-11-9-20(25)10-12-21)23(27)18-13-17-3-1-2-4-22(17)28-15-18/h1-13H,14-15H2. The maximum atomic E-state index is 13.4. The molecular formula is C23H17BrINO2. The molecule has 1 aliphatic heterocycles. The molecule has 1 aliphatic rings. The summed E-state index contributed by atoms with van der Waals surface area (Å²) >= 11 is 5.73. The number of hydrogen-bond acceptors (Lipinski definition) is 2. The van der Waals surface area contributed by atoms with Crippen molar-refractivity contribution in [2.24, 2.45) is 0 Å². The van der Waals surface area contributed by atoms with Gasteiger partial charge in [0.1, 0.15) is 12.4 Å². The Morgan fingerprint density at radius 1 is 1.00 bits per heavy atom. The van der Waals surface area contributed by atoms with Gasteiger partial charge >= 0.3 is 0 Å². The number of carbonyl (C=O) groups excluding carboxylic acids is 1. The van der Waals surface area contributed by atoms with Crippen molar-refractivity contribution < 1.29 is 9.53 Å². The molecule has 0 saturated carbocycles. The first-order chi connectivity index (χ1) is 13.6. The Kier molecular flexibility index (Phi) is 5.82. The molecule has 140 valence electrons. The van der Waals surface area contributed by atoms with Crippen LogP contribution in [0.2, 0.25) is 0 Å². The highest BCUT2D eigenvalue weighted by atomic mass is 127. The highest BCUT2D eigenvalue weighted by molar-refractivity contribution is 14.1. The van der Waals surface area contributed by atoms with Crippen LogP contribution in [0.3, 0.4) is 0 Å². The molecule has 0 saturated heterocycles. The van der Waals surface area contributed by atoms with Crippen LogP contribution in [0.25, 0.3) is 6.08 Å². The van der Waals surface area contributed by atoms with Crippen LogP contribution in [0.5, 0.6) is 5.75 Å². The van der Waals surface area contributed by atoms with E-state index in [9.17, 15) is 4.79 Å². The highest BCUT2D eigenvalue weighted by Gasteiger charge is 2.24. The highest BCUT2D eigenvalue weighted by Crippen LogP contribution is 2.28. The summed E-state index contributed by atoms with van der Waals surface area (Å²) in [6.45, 7) is 0.767. The molecule has 3 aromatic carbocycles. The van der Waals surface area contributed by atoms with Gasteiger partial charge in [0.15, 0.2) is 0 Å². The lowest BCUT2D eigenvalue weighted by Gasteiger charge is -2.26. The van der Waals surface area contributed by atoms with Gasteiger partial charge in [0.25, 0.3) is 5.91 Å². The van der Waals surface area contributed by atoms with Crippen LogP contribution >= 0.6 is 38.5 Å². The van der Waals surface area contributed by atoms with Gasteiger partial charge in [-0.05, 0) is 76.7 Å². The topological polar surface area (TPSA) is 29.5 Å². The number of amides is 1. The molecule has 5 heteroatoms. The quantitative estimate of drug-likeness (QED) is 0.373. The normalized spacial score (nSPS) is 12.6. The number of fused-ring (bicyclic) bond motifs is 1. The summed E-state index contributed by atoms with van der Waals surface area (Å²) in [5, 5.41) is 0. The number of rotatable bonds is 4. The maximum absolute atomic E-state index is 13.4. The van der Waals surface area contributed by atoms with E-state index in [4.69, 9.17) is 4.74 Å². The first-order valence-corrected chi connectivity index (χ1v) is 10.7. The lowest BCUT2D eigenvalue weighted by Crippen LogP contribution is -2.34. The molecule has 0 N–H and O–H groups in total. The predicted octanol–water partition coefficient (Wildman–Crippen LogP) is 6.06. The van der Waals surface area contributed by atoms with E-state index in [0.717, 1.165) is 30.6 Å². The fraction of sp³-hybridized carbons (Fsp3) is 0.0870. The summed E-state index contributed by atoms with van der Waals surface area (Å²) in [6, 6.07) is 23.8. The van der Waals surface area contributed by atoms with Gasteiger partial charge in [-0.1, -0.05) is 46.3 Å². The minimum Gasteiger partial charge on any atom is -0.488 e. The van der Waals surface area contributed by atoms with Crippen LogP contribution in [-0.4, -0.2) is 12.5 Å². The molecule has 0 bridgehead atoms. The molecule has 0 unspecified atom stereocenters. The molecule has 0 aliphatic carbocycles. The van der Waals surface area contributed by atoms with E-state index in [1.165, 1.54) is 0 Å². The zero-order valence-electron chi connectivity index (χ0n) is 14.9. The van der Waals surface area contributed by atoms with Gasteiger partial charge in [-0.3, -0.25) is 4.79 Å². The second kappa shape index (κ2) is 8.49. The van der Waals surface area contributed by atoms with E-state index in [0.29, 0.717) is 12.1 Å². The lowest BCUT2D eigenvalue weighted by atomic mass is 10.1. The van der Waals surface area contributed by atoms with E-state index in [1.54, 1.807) is 0 Å². The summed E-state index contributed by atoms with van der Waals surface area (Å²) in [6.07, 6.45) is 1.93. The third kappa shape index (κ3) is 4.31. The van der Waals surface area contributed by atoms with Crippen molar-refractivity contribution in [1.29, 1.82) is 0 Å². The number of benzene rings is 3. The second-order valence-electron chi connectivity index (χ2n) is 6.49. The van der Waals surface area contributed by atoms with Gasteiger partial charge in [0, 0.05) is 19.3 Å². The van der Waals surface area contributed by atoms with E-state index < -0.39 is 0 Å².